The molecule has 0 aliphatic carbocycles. The predicted molar refractivity (Wildman–Crippen MR) is 52.4 cm³/mol. The van der Waals surface area contributed by atoms with Gasteiger partial charge in [-0.15, -0.1) is 0 Å². The topological polar surface area (TPSA) is 91.7 Å². The van der Waals surface area contributed by atoms with Gasteiger partial charge in [-0.05, 0) is 12.1 Å². The second-order valence-electron chi connectivity index (χ2n) is 3.39. The lowest BCUT2D eigenvalue weighted by Gasteiger charge is -2.08. The summed E-state index contributed by atoms with van der Waals surface area (Å²) in [5.41, 5.74) is 2.19. The first-order chi connectivity index (χ1) is 7.79. The summed E-state index contributed by atoms with van der Waals surface area (Å²) >= 11 is 0. The molecule has 1 amide bonds. The van der Waals surface area contributed by atoms with Crippen LogP contribution >= 0.6 is 0 Å². The standard InChI is InChI=1S/C9H6F3N3O2/c10-9(11,12)4-1-3(7(13)16)2-5-6(4)15-8(17)14-5/h1-2H,(H2,13,16)(H2,14,15,17). The number of aromatic amines is 2. The number of amides is 1. The van der Waals surface area contributed by atoms with Gasteiger partial charge < -0.3 is 15.7 Å². The SMILES string of the molecule is NC(=O)c1cc(C(F)(F)F)c2[nH]c(=O)[nH]c2c1. The average Bonchev–Trinajstić information content (AvgIpc) is 2.54. The number of primary amides is 1. The molecule has 8 heteroatoms. The molecule has 1 aromatic heterocycles. The minimum atomic E-state index is -4.69. The summed E-state index contributed by atoms with van der Waals surface area (Å²) in [4.78, 5) is 26.0. The molecule has 5 nitrogen and oxygen atoms in total. The summed E-state index contributed by atoms with van der Waals surface area (Å²) in [7, 11) is 0. The van der Waals surface area contributed by atoms with E-state index in [4.69, 9.17) is 5.73 Å². The maximum Gasteiger partial charge on any atom is 0.418 e. The van der Waals surface area contributed by atoms with Gasteiger partial charge in [-0.3, -0.25) is 4.79 Å². The van der Waals surface area contributed by atoms with E-state index in [1.54, 1.807) is 0 Å². The molecule has 0 atom stereocenters. The fraction of sp³-hybridized carbons (Fsp3) is 0.111. The lowest BCUT2D eigenvalue weighted by Crippen LogP contribution is -2.14. The largest absolute Gasteiger partial charge is 0.418 e. The van der Waals surface area contributed by atoms with Crippen molar-refractivity contribution in [1.29, 1.82) is 0 Å². The fourth-order valence-corrected chi connectivity index (χ4v) is 1.51. The average molecular weight is 245 g/mol. The molecule has 1 aromatic carbocycles. The minimum Gasteiger partial charge on any atom is -0.366 e. The van der Waals surface area contributed by atoms with Crippen molar-refractivity contribution in [2.45, 2.75) is 6.18 Å². The van der Waals surface area contributed by atoms with Crippen LogP contribution in [0.25, 0.3) is 11.0 Å². The summed E-state index contributed by atoms with van der Waals surface area (Å²) in [5, 5.41) is 0. The number of carbonyl (C=O) groups is 1. The number of hydrogen-bond donors (Lipinski definition) is 3. The van der Waals surface area contributed by atoms with Crippen molar-refractivity contribution < 1.29 is 18.0 Å². The monoisotopic (exact) mass is 245 g/mol. The number of nitrogens with two attached hydrogens (primary N) is 1. The number of fused-ring (bicyclic) bond motifs is 1. The van der Waals surface area contributed by atoms with E-state index in [0.29, 0.717) is 6.07 Å². The number of imidazole rings is 1. The Morgan fingerprint density at radius 2 is 1.88 bits per heavy atom. The van der Waals surface area contributed by atoms with Crippen LogP contribution in [0, 0.1) is 0 Å². The van der Waals surface area contributed by atoms with Gasteiger partial charge in [-0.25, -0.2) is 4.79 Å². The Labute approximate surface area is 91.4 Å². The van der Waals surface area contributed by atoms with Crippen molar-refractivity contribution in [2.24, 2.45) is 5.73 Å². The summed E-state index contributed by atoms with van der Waals surface area (Å²) in [6, 6.07) is 1.69. The van der Waals surface area contributed by atoms with E-state index in [2.05, 4.69) is 4.98 Å². The molecule has 2 aromatic rings. The first-order valence-electron chi connectivity index (χ1n) is 4.42. The molecule has 0 saturated heterocycles. The highest BCUT2D eigenvalue weighted by Gasteiger charge is 2.34. The second kappa shape index (κ2) is 3.37. The van der Waals surface area contributed by atoms with Gasteiger partial charge >= 0.3 is 11.9 Å². The minimum absolute atomic E-state index is 0.112. The normalized spacial score (nSPS) is 11.9. The molecule has 0 fully saturated rings. The van der Waals surface area contributed by atoms with E-state index in [1.807, 2.05) is 4.98 Å². The van der Waals surface area contributed by atoms with Gasteiger partial charge in [0.15, 0.2) is 0 Å². The lowest BCUT2D eigenvalue weighted by molar-refractivity contribution is -0.136. The maximum absolute atomic E-state index is 12.7. The van der Waals surface area contributed by atoms with Crippen molar-refractivity contribution in [2.75, 3.05) is 0 Å². The number of rotatable bonds is 1. The Hall–Kier alpha value is -2.25. The van der Waals surface area contributed by atoms with Gasteiger partial charge in [0.05, 0.1) is 16.6 Å². The molecule has 4 N–H and O–H groups in total. The van der Waals surface area contributed by atoms with Crippen LogP contribution in [0.2, 0.25) is 0 Å². The third-order valence-electron chi connectivity index (χ3n) is 2.22. The van der Waals surface area contributed by atoms with E-state index >= 15 is 0 Å². The molecule has 0 saturated carbocycles. The predicted octanol–water partition coefficient (Wildman–Crippen LogP) is 0.974. The van der Waals surface area contributed by atoms with Gasteiger partial charge in [-0.2, -0.15) is 13.2 Å². The zero-order valence-electron chi connectivity index (χ0n) is 8.18. The number of halogens is 3. The van der Waals surface area contributed by atoms with Crippen molar-refractivity contribution in [1.82, 2.24) is 9.97 Å². The van der Waals surface area contributed by atoms with E-state index < -0.39 is 28.9 Å². The second-order valence-corrected chi connectivity index (χ2v) is 3.39. The van der Waals surface area contributed by atoms with E-state index in [9.17, 15) is 22.8 Å². The number of alkyl halides is 3. The number of nitrogens with one attached hydrogen (secondary N) is 2. The third kappa shape index (κ3) is 1.88. The lowest BCUT2D eigenvalue weighted by atomic mass is 10.1. The zero-order valence-corrected chi connectivity index (χ0v) is 8.18. The van der Waals surface area contributed by atoms with E-state index in [0.717, 1.165) is 6.07 Å². The molecular weight excluding hydrogens is 239 g/mol. The van der Waals surface area contributed by atoms with Gasteiger partial charge in [0, 0.05) is 5.56 Å². The zero-order chi connectivity index (χ0) is 12.8. The summed E-state index contributed by atoms with van der Waals surface area (Å²) in [6.45, 7) is 0. The van der Waals surface area contributed by atoms with Crippen LogP contribution in [0.5, 0.6) is 0 Å². The molecule has 0 radical (unpaired) electrons. The third-order valence-corrected chi connectivity index (χ3v) is 2.22. The molecular formula is C9H6F3N3O2. The molecule has 90 valence electrons. The van der Waals surface area contributed by atoms with E-state index in [-0.39, 0.29) is 11.1 Å². The summed E-state index contributed by atoms with van der Waals surface area (Å²) in [5.74, 6) is -1.00. The number of hydrogen-bond acceptors (Lipinski definition) is 2. The summed E-state index contributed by atoms with van der Waals surface area (Å²) < 4.78 is 38.0. The summed E-state index contributed by atoms with van der Waals surface area (Å²) in [6.07, 6.45) is -4.69. The molecule has 0 unspecified atom stereocenters. The highest BCUT2D eigenvalue weighted by molar-refractivity contribution is 5.97. The quantitative estimate of drug-likeness (QED) is 0.698. The molecule has 0 bridgehead atoms. The van der Waals surface area contributed by atoms with Gasteiger partial charge in [-0.1, -0.05) is 0 Å². The van der Waals surface area contributed by atoms with E-state index in [1.165, 1.54) is 0 Å². The van der Waals surface area contributed by atoms with Crippen molar-refractivity contribution >= 4 is 16.9 Å². The van der Waals surface area contributed by atoms with Crippen molar-refractivity contribution in [3.63, 3.8) is 0 Å². The molecule has 1 heterocycles. The maximum atomic E-state index is 12.7. The van der Waals surface area contributed by atoms with Gasteiger partial charge in [0.25, 0.3) is 0 Å². The van der Waals surface area contributed by atoms with Gasteiger partial charge in [0.2, 0.25) is 5.91 Å². The Balaban J connectivity index is 2.87. The number of carbonyl (C=O) groups excluding carboxylic acids is 1. The smallest absolute Gasteiger partial charge is 0.366 e. The molecule has 0 aliphatic heterocycles. The van der Waals surface area contributed by atoms with Crippen molar-refractivity contribution in [3.05, 3.63) is 33.7 Å². The Morgan fingerprint density at radius 3 is 2.41 bits per heavy atom. The highest BCUT2D eigenvalue weighted by Crippen LogP contribution is 2.33. The number of aromatic nitrogens is 2. The fourth-order valence-electron chi connectivity index (χ4n) is 1.51. The van der Waals surface area contributed by atoms with Crippen LogP contribution in [0.4, 0.5) is 13.2 Å². The first kappa shape index (κ1) is 11.2. The molecule has 2 rings (SSSR count). The van der Waals surface area contributed by atoms with Crippen LogP contribution in [0.15, 0.2) is 16.9 Å². The molecule has 0 spiro atoms. The van der Waals surface area contributed by atoms with Crippen LogP contribution in [0.3, 0.4) is 0 Å². The van der Waals surface area contributed by atoms with Crippen LogP contribution in [0.1, 0.15) is 15.9 Å². The Bertz CT molecular complexity index is 654. The number of benzene rings is 1. The van der Waals surface area contributed by atoms with Gasteiger partial charge in [0.1, 0.15) is 0 Å². The Morgan fingerprint density at radius 1 is 1.24 bits per heavy atom. The van der Waals surface area contributed by atoms with Crippen LogP contribution in [-0.2, 0) is 6.18 Å². The molecule has 0 aliphatic rings. The highest BCUT2D eigenvalue weighted by atomic mass is 19.4. The Kier molecular flexibility index (Phi) is 2.23. The first-order valence-corrected chi connectivity index (χ1v) is 4.42. The van der Waals surface area contributed by atoms with Crippen molar-refractivity contribution in [3.8, 4) is 0 Å². The number of H-pyrrole nitrogens is 2. The molecule has 17 heavy (non-hydrogen) atoms. The van der Waals surface area contributed by atoms with Crippen LogP contribution in [-0.4, -0.2) is 15.9 Å². The van der Waals surface area contributed by atoms with Crippen LogP contribution < -0.4 is 11.4 Å².